The molecular formula is C18H36O4. The van der Waals surface area contributed by atoms with Gasteiger partial charge in [0.1, 0.15) is 0 Å². The van der Waals surface area contributed by atoms with Crippen LogP contribution in [0.15, 0.2) is 0 Å². The van der Waals surface area contributed by atoms with Crippen molar-refractivity contribution >= 4 is 5.97 Å². The van der Waals surface area contributed by atoms with E-state index in [-0.39, 0.29) is 23.0 Å². The van der Waals surface area contributed by atoms with Crippen LogP contribution in [0.4, 0.5) is 0 Å². The van der Waals surface area contributed by atoms with Crippen molar-refractivity contribution in [3.8, 4) is 0 Å². The highest BCUT2D eigenvalue weighted by molar-refractivity contribution is 5.67. The van der Waals surface area contributed by atoms with Gasteiger partial charge in [0, 0.05) is 0 Å². The highest BCUT2D eigenvalue weighted by atomic mass is 16.5. The van der Waals surface area contributed by atoms with Crippen molar-refractivity contribution in [3.63, 3.8) is 0 Å². The molecule has 1 N–H and O–H groups in total. The minimum Gasteiger partial charge on any atom is -0.481 e. The van der Waals surface area contributed by atoms with Gasteiger partial charge < -0.3 is 14.6 Å². The number of aliphatic carboxylic acids is 1. The third kappa shape index (κ3) is 11.0. The van der Waals surface area contributed by atoms with Crippen LogP contribution in [0.2, 0.25) is 0 Å². The molecule has 0 bridgehead atoms. The molecule has 4 heteroatoms. The van der Waals surface area contributed by atoms with Gasteiger partial charge >= 0.3 is 5.97 Å². The standard InChI is InChI=1S/C18H36O4/c1-15(2,3)13-18(8,9)22-16(4,5)10-11-21-17(6,7)12-14(19)20/h10-13H2,1-9H3,(H,19,20). The van der Waals surface area contributed by atoms with Crippen LogP contribution in [-0.4, -0.2) is 34.5 Å². The Labute approximate surface area is 136 Å². The molecule has 0 amide bonds. The highest BCUT2D eigenvalue weighted by Crippen LogP contribution is 2.33. The van der Waals surface area contributed by atoms with Gasteiger partial charge in [-0.05, 0) is 59.8 Å². The molecule has 0 spiro atoms. The molecule has 0 aromatic carbocycles. The SMILES string of the molecule is CC(C)(C)CC(C)(C)OC(C)(C)CCOC(C)(C)CC(=O)O. The van der Waals surface area contributed by atoms with Gasteiger partial charge in [-0.25, -0.2) is 0 Å². The molecule has 0 fully saturated rings. The van der Waals surface area contributed by atoms with Gasteiger partial charge in [-0.1, -0.05) is 20.8 Å². The number of ether oxygens (including phenoxy) is 2. The molecule has 0 heterocycles. The Balaban J connectivity index is 4.44. The highest BCUT2D eigenvalue weighted by Gasteiger charge is 2.33. The Morgan fingerprint density at radius 3 is 1.77 bits per heavy atom. The van der Waals surface area contributed by atoms with Crippen molar-refractivity contribution in [3.05, 3.63) is 0 Å². The molecule has 132 valence electrons. The largest absolute Gasteiger partial charge is 0.481 e. The Kier molecular flexibility index (Phi) is 7.10. The van der Waals surface area contributed by atoms with Crippen LogP contribution in [0.5, 0.6) is 0 Å². The molecule has 0 rings (SSSR count). The van der Waals surface area contributed by atoms with Crippen LogP contribution in [-0.2, 0) is 14.3 Å². The van der Waals surface area contributed by atoms with Crippen LogP contribution in [0.1, 0.15) is 81.6 Å². The Bertz CT molecular complexity index is 362. The molecule has 0 aromatic rings. The third-order valence-corrected chi connectivity index (χ3v) is 3.28. The average Bonchev–Trinajstić information content (AvgIpc) is 2.06. The fraction of sp³-hybridized carbons (Fsp3) is 0.944. The first-order valence-electron chi connectivity index (χ1n) is 8.10. The predicted octanol–water partition coefficient (Wildman–Crippen LogP) is 4.66. The normalized spacial score (nSPS) is 14.2. The van der Waals surface area contributed by atoms with Crippen molar-refractivity contribution in [2.45, 2.75) is 98.4 Å². The summed E-state index contributed by atoms with van der Waals surface area (Å²) in [5.41, 5.74) is -0.964. The lowest BCUT2D eigenvalue weighted by Gasteiger charge is -2.40. The summed E-state index contributed by atoms with van der Waals surface area (Å²) in [6.45, 7) is 19.1. The topological polar surface area (TPSA) is 55.8 Å². The van der Waals surface area contributed by atoms with E-state index >= 15 is 0 Å². The maximum Gasteiger partial charge on any atom is 0.306 e. The number of carbonyl (C=O) groups is 1. The van der Waals surface area contributed by atoms with Crippen LogP contribution < -0.4 is 0 Å². The fourth-order valence-corrected chi connectivity index (χ4v) is 3.10. The van der Waals surface area contributed by atoms with Crippen molar-refractivity contribution < 1.29 is 19.4 Å². The molecule has 0 aliphatic rings. The Hall–Kier alpha value is -0.610. The zero-order valence-corrected chi connectivity index (χ0v) is 16.0. The lowest BCUT2D eigenvalue weighted by molar-refractivity contribution is -0.155. The zero-order chi connectivity index (χ0) is 17.8. The van der Waals surface area contributed by atoms with Crippen molar-refractivity contribution in [1.29, 1.82) is 0 Å². The number of hydrogen-bond acceptors (Lipinski definition) is 3. The minimum absolute atomic E-state index is 0.00377. The molecule has 0 saturated carbocycles. The minimum atomic E-state index is -0.841. The van der Waals surface area contributed by atoms with Crippen LogP contribution in [0, 0.1) is 5.41 Å². The fourth-order valence-electron chi connectivity index (χ4n) is 3.10. The molecule has 0 aliphatic heterocycles. The van der Waals surface area contributed by atoms with Crippen LogP contribution in [0.3, 0.4) is 0 Å². The van der Waals surface area contributed by atoms with E-state index in [1.54, 1.807) is 13.8 Å². The van der Waals surface area contributed by atoms with E-state index in [1.165, 1.54) is 0 Å². The third-order valence-electron chi connectivity index (χ3n) is 3.28. The van der Waals surface area contributed by atoms with Gasteiger partial charge in [-0.3, -0.25) is 4.79 Å². The Morgan fingerprint density at radius 2 is 1.36 bits per heavy atom. The van der Waals surface area contributed by atoms with Gasteiger partial charge in [0.2, 0.25) is 0 Å². The van der Waals surface area contributed by atoms with Crippen LogP contribution >= 0.6 is 0 Å². The number of carboxylic acid groups (broad SMARTS) is 1. The molecule has 0 aromatic heterocycles. The van der Waals surface area contributed by atoms with E-state index in [4.69, 9.17) is 14.6 Å². The van der Waals surface area contributed by atoms with E-state index in [0.29, 0.717) is 6.61 Å². The van der Waals surface area contributed by atoms with E-state index < -0.39 is 11.6 Å². The van der Waals surface area contributed by atoms with Gasteiger partial charge in [0.25, 0.3) is 0 Å². The van der Waals surface area contributed by atoms with Crippen molar-refractivity contribution in [2.24, 2.45) is 5.41 Å². The summed E-state index contributed by atoms with van der Waals surface area (Å²) in [5, 5.41) is 8.86. The molecular weight excluding hydrogens is 280 g/mol. The van der Waals surface area contributed by atoms with Gasteiger partial charge in [-0.2, -0.15) is 0 Å². The average molecular weight is 316 g/mol. The summed E-state index contributed by atoms with van der Waals surface area (Å²) in [4.78, 5) is 10.8. The zero-order valence-electron chi connectivity index (χ0n) is 16.0. The predicted molar refractivity (Wildman–Crippen MR) is 90.2 cm³/mol. The molecule has 0 aliphatic carbocycles. The van der Waals surface area contributed by atoms with E-state index in [2.05, 4.69) is 48.5 Å². The summed E-state index contributed by atoms with van der Waals surface area (Å²) in [6.07, 6.45) is 1.70. The number of hydrogen-bond donors (Lipinski definition) is 1. The molecule has 0 atom stereocenters. The lowest BCUT2D eigenvalue weighted by atomic mass is 9.83. The smallest absolute Gasteiger partial charge is 0.306 e. The van der Waals surface area contributed by atoms with Crippen molar-refractivity contribution in [2.75, 3.05) is 6.61 Å². The monoisotopic (exact) mass is 316 g/mol. The maximum atomic E-state index is 10.8. The Morgan fingerprint density at radius 1 is 0.864 bits per heavy atom. The summed E-state index contributed by atoms with van der Waals surface area (Å²) >= 11 is 0. The van der Waals surface area contributed by atoms with E-state index in [9.17, 15) is 4.79 Å². The molecule has 0 saturated heterocycles. The molecule has 0 unspecified atom stereocenters. The second-order valence-electron chi connectivity index (χ2n) is 9.29. The van der Waals surface area contributed by atoms with Gasteiger partial charge in [-0.15, -0.1) is 0 Å². The maximum absolute atomic E-state index is 10.8. The molecule has 4 nitrogen and oxygen atoms in total. The summed E-state index contributed by atoms with van der Waals surface area (Å²) in [6, 6.07) is 0. The first kappa shape index (κ1) is 21.4. The summed E-state index contributed by atoms with van der Waals surface area (Å²) in [5.74, 6) is -0.841. The molecule has 0 radical (unpaired) electrons. The second-order valence-corrected chi connectivity index (χ2v) is 9.29. The lowest BCUT2D eigenvalue weighted by Crippen LogP contribution is -2.40. The quantitative estimate of drug-likeness (QED) is 0.672. The summed E-state index contributed by atoms with van der Waals surface area (Å²) in [7, 11) is 0. The summed E-state index contributed by atoms with van der Waals surface area (Å²) < 4.78 is 12.0. The first-order valence-corrected chi connectivity index (χ1v) is 8.10. The van der Waals surface area contributed by atoms with Gasteiger partial charge in [0.05, 0.1) is 29.8 Å². The van der Waals surface area contributed by atoms with E-state index in [0.717, 1.165) is 12.8 Å². The second kappa shape index (κ2) is 7.31. The number of carboxylic acids is 1. The van der Waals surface area contributed by atoms with Crippen molar-refractivity contribution in [1.82, 2.24) is 0 Å². The first-order chi connectivity index (χ1) is 9.54. The van der Waals surface area contributed by atoms with Gasteiger partial charge in [0.15, 0.2) is 0 Å². The van der Waals surface area contributed by atoms with E-state index in [1.807, 2.05) is 0 Å². The molecule has 22 heavy (non-hydrogen) atoms. The number of rotatable bonds is 9. The van der Waals surface area contributed by atoms with Crippen LogP contribution in [0.25, 0.3) is 0 Å².